The highest BCUT2D eigenvalue weighted by Gasteiger charge is 2.13. The zero-order valence-corrected chi connectivity index (χ0v) is 14.3. The Hall–Kier alpha value is -2.82. The van der Waals surface area contributed by atoms with Crippen LogP contribution in [-0.4, -0.2) is 23.6 Å². The second-order valence-corrected chi connectivity index (χ2v) is 5.98. The zero-order valence-electron chi connectivity index (χ0n) is 14.3. The number of anilines is 1. The van der Waals surface area contributed by atoms with Gasteiger partial charge < -0.3 is 15.2 Å². The largest absolute Gasteiger partial charge is 0.482 e. The Kier molecular flexibility index (Phi) is 7.01. The molecule has 1 atom stereocenters. The number of hydrogen-bond acceptors (Lipinski definition) is 3. The van der Waals surface area contributed by atoms with Crippen LogP contribution in [-0.2, 0) is 16.0 Å². The van der Waals surface area contributed by atoms with Gasteiger partial charge in [-0.15, -0.1) is 0 Å². The lowest BCUT2D eigenvalue weighted by molar-refractivity contribution is -0.139. The highest BCUT2D eigenvalue weighted by Crippen LogP contribution is 2.19. The van der Waals surface area contributed by atoms with Gasteiger partial charge in [0.2, 0.25) is 5.91 Å². The molecule has 2 rings (SSSR count). The van der Waals surface area contributed by atoms with Crippen molar-refractivity contribution < 1.29 is 19.4 Å². The molecule has 2 aromatic rings. The molecule has 0 saturated heterocycles. The number of carbonyl (C=O) groups excluding carboxylic acids is 1. The minimum Gasteiger partial charge on any atom is -0.482 e. The number of rotatable bonds is 9. The summed E-state index contributed by atoms with van der Waals surface area (Å²) >= 11 is 0. The first-order valence-electron chi connectivity index (χ1n) is 8.34. The summed E-state index contributed by atoms with van der Waals surface area (Å²) in [5.74, 6) is -0.783. The first-order chi connectivity index (χ1) is 12.0. The number of ether oxygens (including phenoxy) is 1. The average molecular weight is 341 g/mol. The summed E-state index contributed by atoms with van der Waals surface area (Å²) in [7, 11) is 0. The molecule has 132 valence electrons. The van der Waals surface area contributed by atoms with Crippen molar-refractivity contribution in [2.24, 2.45) is 5.92 Å². The topological polar surface area (TPSA) is 75.6 Å². The van der Waals surface area contributed by atoms with Gasteiger partial charge in [0.05, 0.1) is 0 Å². The van der Waals surface area contributed by atoms with Crippen LogP contribution in [0, 0.1) is 5.92 Å². The van der Waals surface area contributed by atoms with Crippen LogP contribution in [0.2, 0.25) is 0 Å². The fourth-order valence-corrected chi connectivity index (χ4v) is 2.46. The molecule has 0 aliphatic rings. The molecular formula is C20H23NO4. The monoisotopic (exact) mass is 341 g/mol. The van der Waals surface area contributed by atoms with E-state index in [1.165, 1.54) is 5.56 Å². The number of amides is 1. The van der Waals surface area contributed by atoms with Crippen molar-refractivity contribution in [3.05, 3.63) is 60.2 Å². The van der Waals surface area contributed by atoms with Gasteiger partial charge in [-0.25, -0.2) is 4.79 Å². The first kappa shape index (κ1) is 18.5. The summed E-state index contributed by atoms with van der Waals surface area (Å²) in [5.41, 5.74) is 1.88. The molecule has 1 unspecified atom stereocenters. The second-order valence-electron chi connectivity index (χ2n) is 5.98. The van der Waals surface area contributed by atoms with Gasteiger partial charge in [0, 0.05) is 17.7 Å². The minimum absolute atomic E-state index is 0.0524. The Morgan fingerprint density at radius 3 is 2.60 bits per heavy atom. The summed E-state index contributed by atoms with van der Waals surface area (Å²) in [5, 5.41) is 11.5. The van der Waals surface area contributed by atoms with Crippen molar-refractivity contribution >= 4 is 17.6 Å². The number of nitrogens with one attached hydrogen (secondary N) is 1. The third-order valence-corrected chi connectivity index (χ3v) is 3.86. The predicted molar refractivity (Wildman–Crippen MR) is 96.7 cm³/mol. The van der Waals surface area contributed by atoms with Crippen molar-refractivity contribution in [3.8, 4) is 5.75 Å². The van der Waals surface area contributed by atoms with E-state index >= 15 is 0 Å². The van der Waals surface area contributed by atoms with E-state index in [1.807, 2.05) is 25.1 Å². The molecule has 0 aliphatic carbocycles. The highest BCUT2D eigenvalue weighted by molar-refractivity contribution is 5.92. The zero-order chi connectivity index (χ0) is 18.1. The van der Waals surface area contributed by atoms with Crippen LogP contribution >= 0.6 is 0 Å². The van der Waals surface area contributed by atoms with Gasteiger partial charge in [-0.2, -0.15) is 0 Å². The third kappa shape index (κ3) is 6.67. The lowest BCUT2D eigenvalue weighted by Crippen LogP contribution is -2.20. The van der Waals surface area contributed by atoms with E-state index in [0.29, 0.717) is 11.4 Å². The highest BCUT2D eigenvalue weighted by atomic mass is 16.5. The number of carboxylic acids is 1. The first-order valence-corrected chi connectivity index (χ1v) is 8.34. The van der Waals surface area contributed by atoms with Crippen molar-refractivity contribution in [2.75, 3.05) is 11.9 Å². The van der Waals surface area contributed by atoms with Gasteiger partial charge in [-0.1, -0.05) is 43.3 Å². The second kappa shape index (κ2) is 9.47. The van der Waals surface area contributed by atoms with E-state index in [9.17, 15) is 9.59 Å². The Labute approximate surface area is 147 Å². The summed E-state index contributed by atoms with van der Waals surface area (Å²) in [4.78, 5) is 22.8. The van der Waals surface area contributed by atoms with Crippen LogP contribution in [0.1, 0.15) is 25.3 Å². The molecule has 25 heavy (non-hydrogen) atoms. The van der Waals surface area contributed by atoms with E-state index in [4.69, 9.17) is 9.84 Å². The molecule has 0 aliphatic heterocycles. The summed E-state index contributed by atoms with van der Waals surface area (Å²) in [6.07, 6.45) is 2.70. The molecule has 0 aromatic heterocycles. The Balaban J connectivity index is 1.80. The maximum Gasteiger partial charge on any atom is 0.341 e. The van der Waals surface area contributed by atoms with Crippen LogP contribution in [0.25, 0.3) is 0 Å². The van der Waals surface area contributed by atoms with Crippen molar-refractivity contribution in [3.63, 3.8) is 0 Å². The number of carbonyl (C=O) groups is 2. The molecule has 0 fully saturated rings. The minimum atomic E-state index is -1.04. The summed E-state index contributed by atoms with van der Waals surface area (Å²) in [6, 6.07) is 17.0. The van der Waals surface area contributed by atoms with Crippen LogP contribution in [0.15, 0.2) is 54.6 Å². The van der Waals surface area contributed by atoms with Gasteiger partial charge in [-0.05, 0) is 37.0 Å². The molecule has 0 heterocycles. The van der Waals surface area contributed by atoms with E-state index in [-0.39, 0.29) is 11.8 Å². The molecule has 5 heteroatoms. The predicted octanol–water partition coefficient (Wildman–Crippen LogP) is 3.75. The number of benzene rings is 2. The fourth-order valence-electron chi connectivity index (χ4n) is 2.46. The van der Waals surface area contributed by atoms with Crippen LogP contribution in [0.4, 0.5) is 5.69 Å². The van der Waals surface area contributed by atoms with Crippen LogP contribution in [0.5, 0.6) is 5.75 Å². The van der Waals surface area contributed by atoms with Gasteiger partial charge in [-0.3, -0.25) is 4.79 Å². The Bertz CT molecular complexity index is 700. The van der Waals surface area contributed by atoms with Gasteiger partial charge >= 0.3 is 5.97 Å². The molecule has 1 amide bonds. The molecule has 2 aromatic carbocycles. The Morgan fingerprint density at radius 1 is 1.12 bits per heavy atom. The Morgan fingerprint density at radius 2 is 1.88 bits per heavy atom. The van der Waals surface area contributed by atoms with Gasteiger partial charge in [0.1, 0.15) is 5.75 Å². The van der Waals surface area contributed by atoms with Crippen molar-refractivity contribution in [1.82, 2.24) is 0 Å². The summed E-state index contributed by atoms with van der Waals surface area (Å²) < 4.78 is 5.11. The smallest absolute Gasteiger partial charge is 0.341 e. The molecule has 5 nitrogen and oxygen atoms in total. The van der Waals surface area contributed by atoms with Crippen LogP contribution < -0.4 is 10.1 Å². The van der Waals surface area contributed by atoms with E-state index in [1.54, 1.807) is 24.3 Å². The van der Waals surface area contributed by atoms with Crippen molar-refractivity contribution in [1.29, 1.82) is 0 Å². The number of aryl methyl sites for hydroxylation is 1. The SMILES string of the molecule is CC(CCCc1ccccc1)C(=O)Nc1cccc(OCC(=O)O)c1. The molecule has 0 saturated carbocycles. The summed E-state index contributed by atoms with van der Waals surface area (Å²) in [6.45, 7) is 1.50. The average Bonchev–Trinajstić information content (AvgIpc) is 2.61. The number of carboxylic acid groups (broad SMARTS) is 1. The maximum atomic E-state index is 12.3. The van der Waals surface area contributed by atoms with E-state index < -0.39 is 12.6 Å². The normalized spacial score (nSPS) is 11.6. The fraction of sp³-hybridized carbons (Fsp3) is 0.300. The standard InChI is InChI=1S/C20H23NO4/c1-15(7-5-10-16-8-3-2-4-9-16)20(24)21-17-11-6-12-18(13-17)25-14-19(22)23/h2-4,6,8-9,11-13,15H,5,7,10,14H2,1H3,(H,21,24)(H,22,23). The van der Waals surface area contributed by atoms with Gasteiger partial charge in [0.25, 0.3) is 0 Å². The number of hydrogen-bond donors (Lipinski definition) is 2. The molecule has 0 spiro atoms. The number of aliphatic carboxylic acids is 1. The van der Waals surface area contributed by atoms with E-state index in [2.05, 4.69) is 17.4 Å². The molecule has 0 bridgehead atoms. The maximum absolute atomic E-state index is 12.3. The van der Waals surface area contributed by atoms with E-state index in [0.717, 1.165) is 19.3 Å². The van der Waals surface area contributed by atoms with Gasteiger partial charge in [0.15, 0.2) is 6.61 Å². The quantitative estimate of drug-likeness (QED) is 0.728. The lowest BCUT2D eigenvalue weighted by Gasteiger charge is -2.13. The van der Waals surface area contributed by atoms with Crippen LogP contribution in [0.3, 0.4) is 0 Å². The third-order valence-electron chi connectivity index (χ3n) is 3.86. The molecule has 0 radical (unpaired) electrons. The molecule has 2 N–H and O–H groups in total. The molecular weight excluding hydrogens is 318 g/mol. The van der Waals surface area contributed by atoms with Crippen molar-refractivity contribution in [2.45, 2.75) is 26.2 Å². The lowest BCUT2D eigenvalue weighted by atomic mass is 10.0.